The minimum absolute atomic E-state index is 0.123. The van der Waals surface area contributed by atoms with Gasteiger partial charge < -0.3 is 10.1 Å². The van der Waals surface area contributed by atoms with Crippen LogP contribution < -0.4 is 10.1 Å². The monoisotopic (exact) mass is 305 g/mol. The molecule has 0 aliphatic rings. The normalized spacial score (nSPS) is 11.9. The van der Waals surface area contributed by atoms with E-state index in [9.17, 15) is 4.79 Å². The lowest BCUT2D eigenvalue weighted by molar-refractivity contribution is -0.127. The van der Waals surface area contributed by atoms with E-state index >= 15 is 0 Å². The maximum Gasteiger partial charge on any atom is 0.261 e. The first-order valence-electron chi connectivity index (χ1n) is 7.70. The van der Waals surface area contributed by atoms with E-state index in [1.807, 2.05) is 72.8 Å². The van der Waals surface area contributed by atoms with Crippen LogP contribution in [0.25, 0.3) is 10.8 Å². The number of amides is 1. The number of benzene rings is 3. The van der Waals surface area contributed by atoms with Crippen molar-refractivity contribution in [3.63, 3.8) is 0 Å². The molecule has 3 aromatic carbocycles. The van der Waals surface area contributed by atoms with Crippen molar-refractivity contribution in [1.29, 1.82) is 0 Å². The van der Waals surface area contributed by atoms with Crippen LogP contribution in [0.1, 0.15) is 12.5 Å². The van der Waals surface area contributed by atoms with Gasteiger partial charge in [0.05, 0.1) is 0 Å². The second kappa shape index (κ2) is 6.97. The molecule has 1 N–H and O–H groups in total. The summed E-state index contributed by atoms with van der Waals surface area (Å²) in [6.45, 7) is 2.27. The number of fused-ring (bicyclic) bond motifs is 1. The molecule has 1 unspecified atom stereocenters. The smallest absolute Gasteiger partial charge is 0.261 e. The van der Waals surface area contributed by atoms with Crippen molar-refractivity contribution in [3.05, 3.63) is 78.4 Å². The first-order valence-corrected chi connectivity index (χ1v) is 7.70. The summed E-state index contributed by atoms with van der Waals surface area (Å²) in [5.41, 5.74) is 1.07. The molecule has 3 heteroatoms. The third-order valence-electron chi connectivity index (χ3n) is 3.73. The van der Waals surface area contributed by atoms with Gasteiger partial charge in [0.1, 0.15) is 5.75 Å². The highest BCUT2D eigenvalue weighted by Gasteiger charge is 2.15. The molecule has 3 aromatic rings. The van der Waals surface area contributed by atoms with Gasteiger partial charge in [-0.2, -0.15) is 0 Å². The molecule has 3 nitrogen and oxygen atoms in total. The van der Waals surface area contributed by atoms with E-state index in [0.717, 1.165) is 22.1 Å². The van der Waals surface area contributed by atoms with E-state index in [1.165, 1.54) is 0 Å². The number of nitrogens with one attached hydrogen (secondary N) is 1. The van der Waals surface area contributed by atoms with Gasteiger partial charge in [-0.15, -0.1) is 0 Å². The maximum atomic E-state index is 12.2. The lowest BCUT2D eigenvalue weighted by Gasteiger charge is -2.16. The Labute approximate surface area is 135 Å². The summed E-state index contributed by atoms with van der Waals surface area (Å²) in [6, 6.07) is 23.7. The van der Waals surface area contributed by atoms with Crippen molar-refractivity contribution >= 4 is 16.7 Å². The Morgan fingerprint density at radius 2 is 1.65 bits per heavy atom. The Morgan fingerprint density at radius 3 is 2.48 bits per heavy atom. The van der Waals surface area contributed by atoms with E-state index < -0.39 is 6.10 Å². The number of hydrogen-bond acceptors (Lipinski definition) is 2. The molecular weight excluding hydrogens is 286 g/mol. The minimum Gasteiger partial charge on any atom is -0.480 e. The Bertz CT molecular complexity index is 794. The predicted octanol–water partition coefficient (Wildman–Crippen LogP) is 3.92. The third-order valence-corrected chi connectivity index (χ3v) is 3.73. The zero-order valence-electron chi connectivity index (χ0n) is 13.0. The lowest BCUT2D eigenvalue weighted by Crippen LogP contribution is -2.35. The third kappa shape index (κ3) is 3.69. The molecule has 0 aromatic heterocycles. The Kier molecular flexibility index (Phi) is 4.57. The molecule has 0 bridgehead atoms. The summed E-state index contributed by atoms with van der Waals surface area (Å²) >= 11 is 0. The van der Waals surface area contributed by atoms with E-state index in [4.69, 9.17) is 4.74 Å². The number of rotatable bonds is 5. The second-order valence-electron chi connectivity index (χ2n) is 5.44. The summed E-state index contributed by atoms with van der Waals surface area (Å²) in [7, 11) is 0. The quantitative estimate of drug-likeness (QED) is 0.776. The summed E-state index contributed by atoms with van der Waals surface area (Å²) in [4.78, 5) is 12.2. The molecule has 0 aliphatic carbocycles. The van der Waals surface area contributed by atoms with Crippen LogP contribution in [0.2, 0.25) is 0 Å². The highest BCUT2D eigenvalue weighted by molar-refractivity contribution is 5.89. The summed E-state index contributed by atoms with van der Waals surface area (Å²) in [6.07, 6.45) is -0.551. The van der Waals surface area contributed by atoms with Crippen LogP contribution in [0.5, 0.6) is 5.75 Å². The van der Waals surface area contributed by atoms with Crippen molar-refractivity contribution in [2.24, 2.45) is 0 Å². The fraction of sp³-hybridized carbons (Fsp3) is 0.150. The molecule has 116 valence electrons. The van der Waals surface area contributed by atoms with Crippen LogP contribution in [-0.2, 0) is 11.3 Å². The van der Waals surface area contributed by atoms with Crippen LogP contribution in [0.15, 0.2) is 72.8 Å². The first-order chi connectivity index (χ1) is 11.2. The van der Waals surface area contributed by atoms with Gasteiger partial charge in [-0.3, -0.25) is 4.79 Å². The van der Waals surface area contributed by atoms with Crippen molar-refractivity contribution < 1.29 is 9.53 Å². The number of hydrogen-bond donors (Lipinski definition) is 1. The molecule has 0 heterocycles. The minimum atomic E-state index is -0.551. The van der Waals surface area contributed by atoms with Gasteiger partial charge in [0.2, 0.25) is 0 Å². The molecule has 0 radical (unpaired) electrons. The summed E-state index contributed by atoms with van der Waals surface area (Å²) in [5.74, 6) is 0.604. The zero-order valence-corrected chi connectivity index (χ0v) is 13.0. The molecule has 1 atom stereocenters. The van der Waals surface area contributed by atoms with Gasteiger partial charge in [-0.25, -0.2) is 0 Å². The number of ether oxygens (including phenoxy) is 1. The largest absolute Gasteiger partial charge is 0.480 e. The van der Waals surface area contributed by atoms with Crippen LogP contribution in [0.3, 0.4) is 0 Å². The first kappa shape index (κ1) is 15.1. The predicted molar refractivity (Wildman–Crippen MR) is 92.3 cm³/mol. The number of carbonyl (C=O) groups excluding carboxylic acids is 1. The highest BCUT2D eigenvalue weighted by atomic mass is 16.5. The van der Waals surface area contributed by atoms with Crippen molar-refractivity contribution in [2.45, 2.75) is 19.6 Å². The van der Waals surface area contributed by atoms with E-state index in [0.29, 0.717) is 6.54 Å². The SMILES string of the molecule is CC(Oc1cccc2ccccc12)C(=O)NCc1ccccc1. The number of carbonyl (C=O) groups is 1. The molecule has 0 spiro atoms. The van der Waals surface area contributed by atoms with Crippen LogP contribution in [0, 0.1) is 0 Å². The average molecular weight is 305 g/mol. The zero-order chi connectivity index (χ0) is 16.1. The Morgan fingerprint density at radius 1 is 0.957 bits per heavy atom. The fourth-order valence-electron chi connectivity index (χ4n) is 2.47. The summed E-state index contributed by atoms with van der Waals surface area (Å²) < 4.78 is 5.87. The molecular formula is C20H19NO2. The molecule has 0 saturated heterocycles. The molecule has 3 rings (SSSR count). The molecule has 0 fully saturated rings. The van der Waals surface area contributed by atoms with Crippen LogP contribution in [-0.4, -0.2) is 12.0 Å². The van der Waals surface area contributed by atoms with Crippen LogP contribution in [0.4, 0.5) is 0 Å². The second-order valence-corrected chi connectivity index (χ2v) is 5.44. The molecule has 0 saturated carbocycles. The highest BCUT2D eigenvalue weighted by Crippen LogP contribution is 2.26. The fourth-order valence-corrected chi connectivity index (χ4v) is 2.47. The standard InChI is InChI=1S/C20H19NO2/c1-15(20(22)21-14-16-8-3-2-4-9-16)23-19-13-7-11-17-10-5-6-12-18(17)19/h2-13,15H,14H2,1H3,(H,21,22). The van der Waals surface area contributed by atoms with Gasteiger partial charge in [0.25, 0.3) is 5.91 Å². The van der Waals surface area contributed by atoms with Crippen molar-refractivity contribution in [1.82, 2.24) is 5.32 Å². The van der Waals surface area contributed by atoms with Gasteiger partial charge in [-0.1, -0.05) is 66.7 Å². The van der Waals surface area contributed by atoms with E-state index in [2.05, 4.69) is 5.32 Å². The Balaban J connectivity index is 1.66. The van der Waals surface area contributed by atoms with E-state index in [1.54, 1.807) is 6.92 Å². The van der Waals surface area contributed by atoms with E-state index in [-0.39, 0.29) is 5.91 Å². The van der Waals surface area contributed by atoms with Gasteiger partial charge in [0.15, 0.2) is 6.10 Å². The van der Waals surface area contributed by atoms with Crippen molar-refractivity contribution in [2.75, 3.05) is 0 Å². The molecule has 0 aliphatic heterocycles. The van der Waals surface area contributed by atoms with Gasteiger partial charge in [0, 0.05) is 11.9 Å². The van der Waals surface area contributed by atoms with Crippen molar-refractivity contribution in [3.8, 4) is 5.75 Å². The maximum absolute atomic E-state index is 12.2. The average Bonchev–Trinajstić information content (AvgIpc) is 2.61. The lowest BCUT2D eigenvalue weighted by atomic mass is 10.1. The van der Waals surface area contributed by atoms with Gasteiger partial charge >= 0.3 is 0 Å². The van der Waals surface area contributed by atoms with Crippen LogP contribution >= 0.6 is 0 Å². The van der Waals surface area contributed by atoms with Gasteiger partial charge in [-0.05, 0) is 23.9 Å². The summed E-state index contributed by atoms with van der Waals surface area (Å²) in [5, 5.41) is 5.01. The topological polar surface area (TPSA) is 38.3 Å². The molecule has 1 amide bonds. The molecule has 23 heavy (non-hydrogen) atoms. The Hall–Kier alpha value is -2.81.